The van der Waals surface area contributed by atoms with Crippen molar-refractivity contribution >= 4 is 22.9 Å². The summed E-state index contributed by atoms with van der Waals surface area (Å²) in [5.41, 5.74) is 7.14. The van der Waals surface area contributed by atoms with E-state index < -0.39 is 0 Å². The molecule has 0 saturated heterocycles. The summed E-state index contributed by atoms with van der Waals surface area (Å²) in [6.45, 7) is 1.96. The van der Waals surface area contributed by atoms with Crippen molar-refractivity contribution in [2.24, 2.45) is 5.73 Å². The van der Waals surface area contributed by atoms with Gasteiger partial charge in [-0.3, -0.25) is 0 Å². The number of thiazole rings is 1. The van der Waals surface area contributed by atoms with Crippen LogP contribution in [0, 0.1) is 6.92 Å². The van der Waals surface area contributed by atoms with E-state index >= 15 is 0 Å². The van der Waals surface area contributed by atoms with Gasteiger partial charge in [0.15, 0.2) is 0 Å². The zero-order chi connectivity index (χ0) is 12.4. The molecule has 1 aromatic heterocycles. The minimum Gasteiger partial charge on any atom is -0.495 e. The van der Waals surface area contributed by atoms with Gasteiger partial charge in [-0.25, -0.2) is 4.98 Å². The van der Waals surface area contributed by atoms with Crippen LogP contribution >= 0.6 is 22.9 Å². The van der Waals surface area contributed by atoms with Crippen LogP contribution in [0.2, 0.25) is 5.02 Å². The van der Waals surface area contributed by atoms with Crippen molar-refractivity contribution in [3.8, 4) is 5.75 Å². The molecular weight excluding hydrogens is 256 g/mol. The number of aromatic nitrogens is 1. The summed E-state index contributed by atoms with van der Waals surface area (Å²) >= 11 is 7.57. The first kappa shape index (κ1) is 12.4. The molecule has 3 nitrogen and oxygen atoms in total. The van der Waals surface area contributed by atoms with Gasteiger partial charge in [0, 0.05) is 11.1 Å². The molecular formula is C12H13ClN2OS. The van der Waals surface area contributed by atoms with Crippen LogP contribution in [0.3, 0.4) is 0 Å². The second-order valence-corrected chi connectivity index (χ2v) is 5.33. The predicted octanol–water partition coefficient (Wildman–Crippen LogP) is 3.16. The minimum atomic E-state index is -0.188. The maximum Gasteiger partial charge on any atom is 0.137 e. The summed E-state index contributed by atoms with van der Waals surface area (Å²) in [6, 6.07) is 5.38. The molecule has 2 aromatic rings. The average molecular weight is 269 g/mol. The first-order chi connectivity index (χ1) is 8.11. The number of methoxy groups -OCH3 is 1. The quantitative estimate of drug-likeness (QED) is 0.930. The molecule has 0 radical (unpaired) electrons. The molecule has 1 unspecified atom stereocenters. The highest BCUT2D eigenvalue weighted by atomic mass is 35.5. The molecule has 5 heteroatoms. The van der Waals surface area contributed by atoms with E-state index in [0.717, 1.165) is 15.4 Å². The van der Waals surface area contributed by atoms with Gasteiger partial charge in [0.2, 0.25) is 0 Å². The van der Waals surface area contributed by atoms with Crippen molar-refractivity contribution in [2.45, 2.75) is 13.0 Å². The highest BCUT2D eigenvalue weighted by Crippen LogP contribution is 2.31. The number of hydrogen-bond donors (Lipinski definition) is 1. The highest BCUT2D eigenvalue weighted by Gasteiger charge is 2.13. The summed E-state index contributed by atoms with van der Waals surface area (Å²) in [5, 5.41) is 1.60. The van der Waals surface area contributed by atoms with Crippen LogP contribution in [0.25, 0.3) is 0 Å². The molecule has 90 valence electrons. The van der Waals surface area contributed by atoms with E-state index in [1.54, 1.807) is 24.5 Å². The second kappa shape index (κ2) is 5.04. The van der Waals surface area contributed by atoms with Crippen LogP contribution in [-0.2, 0) is 0 Å². The van der Waals surface area contributed by atoms with Crippen molar-refractivity contribution in [3.63, 3.8) is 0 Å². The standard InChI is InChI=1S/C12H13ClN2OS/c1-7-15-6-11(17-7)12(14)8-3-4-9(13)10(5-8)16-2/h3-6,12H,14H2,1-2H3. The van der Waals surface area contributed by atoms with E-state index in [-0.39, 0.29) is 6.04 Å². The first-order valence-corrected chi connectivity index (χ1v) is 6.32. The van der Waals surface area contributed by atoms with Crippen molar-refractivity contribution < 1.29 is 4.74 Å². The van der Waals surface area contributed by atoms with Crippen molar-refractivity contribution in [2.75, 3.05) is 7.11 Å². The third-order valence-corrected chi connectivity index (χ3v) is 3.79. The van der Waals surface area contributed by atoms with Crippen molar-refractivity contribution in [1.29, 1.82) is 0 Å². The number of nitrogens with two attached hydrogens (primary N) is 1. The molecule has 0 fully saturated rings. The average Bonchev–Trinajstić information content (AvgIpc) is 2.75. The zero-order valence-electron chi connectivity index (χ0n) is 9.61. The fourth-order valence-electron chi connectivity index (χ4n) is 1.56. The minimum absolute atomic E-state index is 0.188. The van der Waals surface area contributed by atoms with Gasteiger partial charge in [0.25, 0.3) is 0 Å². The Morgan fingerprint density at radius 3 is 2.82 bits per heavy atom. The lowest BCUT2D eigenvalue weighted by atomic mass is 10.1. The number of rotatable bonds is 3. The van der Waals surface area contributed by atoms with Gasteiger partial charge >= 0.3 is 0 Å². The number of nitrogens with zero attached hydrogens (tertiary/aromatic N) is 1. The molecule has 0 aliphatic rings. The number of ether oxygens (including phenoxy) is 1. The van der Waals surface area contributed by atoms with Crippen LogP contribution in [0.4, 0.5) is 0 Å². The molecule has 1 atom stereocenters. The highest BCUT2D eigenvalue weighted by molar-refractivity contribution is 7.11. The fourth-order valence-corrected chi connectivity index (χ4v) is 2.57. The molecule has 0 amide bonds. The SMILES string of the molecule is COc1cc(C(N)c2cnc(C)s2)ccc1Cl. The lowest BCUT2D eigenvalue weighted by Gasteiger charge is -2.11. The third-order valence-electron chi connectivity index (χ3n) is 2.48. The van der Waals surface area contributed by atoms with Crippen LogP contribution in [0.15, 0.2) is 24.4 Å². The molecule has 0 aliphatic heterocycles. The van der Waals surface area contributed by atoms with Crippen molar-refractivity contribution in [3.05, 3.63) is 44.9 Å². The normalized spacial score (nSPS) is 12.5. The predicted molar refractivity (Wildman–Crippen MR) is 70.9 cm³/mol. The molecule has 1 aromatic carbocycles. The van der Waals surface area contributed by atoms with Crippen LogP contribution in [0.5, 0.6) is 5.75 Å². The molecule has 2 N–H and O–H groups in total. The largest absolute Gasteiger partial charge is 0.495 e. The third kappa shape index (κ3) is 2.60. The maximum absolute atomic E-state index is 6.18. The summed E-state index contributed by atoms with van der Waals surface area (Å²) in [4.78, 5) is 5.24. The molecule has 0 saturated carbocycles. The summed E-state index contributed by atoms with van der Waals surface area (Å²) in [7, 11) is 1.59. The van der Waals surface area contributed by atoms with E-state index in [1.807, 2.05) is 25.3 Å². The Balaban J connectivity index is 2.34. The lowest BCUT2D eigenvalue weighted by molar-refractivity contribution is 0.414. The van der Waals surface area contributed by atoms with E-state index in [0.29, 0.717) is 10.8 Å². The van der Waals surface area contributed by atoms with Crippen molar-refractivity contribution in [1.82, 2.24) is 4.98 Å². The van der Waals surface area contributed by atoms with Gasteiger partial charge in [0.1, 0.15) is 5.75 Å². The fraction of sp³-hybridized carbons (Fsp3) is 0.250. The number of halogens is 1. The Kier molecular flexibility index (Phi) is 3.66. The maximum atomic E-state index is 6.18. The van der Waals surface area contributed by atoms with E-state index in [9.17, 15) is 0 Å². The molecule has 0 bridgehead atoms. The van der Waals surface area contributed by atoms with Crippen LogP contribution < -0.4 is 10.5 Å². The summed E-state index contributed by atoms with van der Waals surface area (Å²) in [5.74, 6) is 0.640. The smallest absolute Gasteiger partial charge is 0.137 e. The van der Waals surface area contributed by atoms with Crippen LogP contribution in [0.1, 0.15) is 21.5 Å². The second-order valence-electron chi connectivity index (χ2n) is 3.65. The first-order valence-electron chi connectivity index (χ1n) is 5.13. The van der Waals surface area contributed by atoms with Gasteiger partial charge in [0.05, 0.1) is 23.2 Å². The molecule has 2 rings (SSSR count). The van der Waals surface area contributed by atoms with E-state index in [4.69, 9.17) is 22.1 Å². The summed E-state index contributed by atoms with van der Waals surface area (Å²) in [6.07, 6.45) is 1.81. The van der Waals surface area contributed by atoms with E-state index in [2.05, 4.69) is 4.98 Å². The molecule has 17 heavy (non-hydrogen) atoms. The van der Waals surface area contributed by atoms with E-state index in [1.165, 1.54) is 0 Å². The van der Waals surface area contributed by atoms with Gasteiger partial charge in [-0.15, -0.1) is 11.3 Å². The number of hydrogen-bond acceptors (Lipinski definition) is 4. The Bertz CT molecular complexity index is 527. The zero-order valence-corrected chi connectivity index (χ0v) is 11.2. The van der Waals surface area contributed by atoms with Gasteiger partial charge in [-0.05, 0) is 24.6 Å². The summed E-state index contributed by atoms with van der Waals surface area (Å²) < 4.78 is 5.18. The molecule has 1 heterocycles. The van der Waals surface area contributed by atoms with Gasteiger partial charge < -0.3 is 10.5 Å². The Labute approximate surface area is 109 Å². The Morgan fingerprint density at radius 2 is 2.24 bits per heavy atom. The molecule has 0 spiro atoms. The van der Waals surface area contributed by atoms with Crippen LogP contribution in [-0.4, -0.2) is 12.1 Å². The van der Waals surface area contributed by atoms with Gasteiger partial charge in [-0.1, -0.05) is 17.7 Å². The molecule has 0 aliphatic carbocycles. The number of benzene rings is 1. The monoisotopic (exact) mass is 268 g/mol. The topological polar surface area (TPSA) is 48.1 Å². The Hall–Kier alpha value is -1.10. The Morgan fingerprint density at radius 1 is 1.47 bits per heavy atom. The number of aryl methyl sites for hydroxylation is 1. The van der Waals surface area contributed by atoms with Gasteiger partial charge in [-0.2, -0.15) is 0 Å². The lowest BCUT2D eigenvalue weighted by Crippen LogP contribution is -2.10.